The van der Waals surface area contributed by atoms with Crippen molar-refractivity contribution < 1.29 is 38.3 Å². The van der Waals surface area contributed by atoms with Gasteiger partial charge in [0.15, 0.2) is 0 Å². The van der Waals surface area contributed by atoms with Crippen molar-refractivity contribution >= 4 is 25.0 Å². The average molecular weight is 542 g/mol. The van der Waals surface area contributed by atoms with Gasteiger partial charge < -0.3 is 35.1 Å². The molecular weight excluding hydrogens is 508 g/mol. The van der Waals surface area contributed by atoms with E-state index in [4.69, 9.17) is 9.47 Å². The third kappa shape index (κ3) is 9.34. The zero-order valence-corrected chi connectivity index (χ0v) is 21.9. The van der Waals surface area contributed by atoms with E-state index < -0.39 is 48.9 Å². The molecule has 1 fully saturated rings. The van der Waals surface area contributed by atoms with Crippen molar-refractivity contribution in [1.29, 1.82) is 0 Å². The Morgan fingerprint density at radius 3 is 2.51 bits per heavy atom. The number of nitrogens with zero attached hydrogens (tertiary/aromatic N) is 1. The normalized spacial score (nSPS) is 16.3. The molecule has 3 atom stereocenters. The predicted octanol–water partition coefficient (Wildman–Crippen LogP) is 0.946. The molecule has 210 valence electrons. The van der Waals surface area contributed by atoms with Gasteiger partial charge in [-0.2, -0.15) is 0 Å². The van der Waals surface area contributed by atoms with E-state index >= 15 is 0 Å². The maximum Gasteiger partial charge on any atom is 0.408 e. The van der Waals surface area contributed by atoms with E-state index in [0.29, 0.717) is 31.4 Å². The highest BCUT2D eigenvalue weighted by atomic mass is 19.1. The summed E-state index contributed by atoms with van der Waals surface area (Å²) in [5.41, 5.74) is 1.37. The molecule has 0 bridgehead atoms. The summed E-state index contributed by atoms with van der Waals surface area (Å²) in [6.07, 6.45) is 0.810. The molecule has 0 aliphatic carbocycles. The molecule has 3 amide bonds. The van der Waals surface area contributed by atoms with E-state index in [-0.39, 0.29) is 26.0 Å². The highest BCUT2D eigenvalue weighted by molar-refractivity contribution is 6.41. The summed E-state index contributed by atoms with van der Waals surface area (Å²) in [5.74, 6) is -2.53. The van der Waals surface area contributed by atoms with Crippen molar-refractivity contribution in [3.05, 3.63) is 71.5 Å². The summed E-state index contributed by atoms with van der Waals surface area (Å²) >= 11 is 0. The summed E-state index contributed by atoms with van der Waals surface area (Å²) in [4.78, 5) is 40.7. The Bertz CT molecular complexity index is 1070. The van der Waals surface area contributed by atoms with Crippen LogP contribution in [0, 0.1) is 5.82 Å². The molecule has 2 aromatic rings. The lowest BCUT2D eigenvalue weighted by Crippen LogP contribution is -2.59. The van der Waals surface area contributed by atoms with Crippen molar-refractivity contribution in [1.82, 2.24) is 15.5 Å². The van der Waals surface area contributed by atoms with Gasteiger partial charge in [-0.1, -0.05) is 42.5 Å². The molecule has 39 heavy (non-hydrogen) atoms. The van der Waals surface area contributed by atoms with Gasteiger partial charge in [-0.15, -0.1) is 0 Å². The molecule has 1 aliphatic rings. The topological polar surface area (TPSA) is 140 Å². The number of rotatable bonds is 13. The van der Waals surface area contributed by atoms with Crippen LogP contribution in [-0.4, -0.2) is 73.2 Å². The number of nitrogens with one attached hydrogen (secondary N) is 2. The molecule has 10 nitrogen and oxygen atoms in total. The average Bonchev–Trinajstić information content (AvgIpc) is 3.42. The lowest BCUT2D eigenvalue weighted by atomic mass is 9.76. The fraction of sp³-hybridized carbons (Fsp3) is 0.444. The fourth-order valence-electron chi connectivity index (χ4n) is 4.48. The first-order chi connectivity index (χ1) is 18.8. The Morgan fingerprint density at radius 1 is 1.13 bits per heavy atom. The molecule has 0 radical (unpaired) electrons. The lowest BCUT2D eigenvalue weighted by molar-refractivity contribution is -0.221. The molecule has 1 saturated heterocycles. The highest BCUT2D eigenvalue weighted by Gasteiger charge is 2.38. The molecule has 0 aromatic heterocycles. The van der Waals surface area contributed by atoms with Gasteiger partial charge in [0.2, 0.25) is 18.9 Å². The van der Waals surface area contributed by atoms with E-state index in [1.54, 1.807) is 12.1 Å². The van der Waals surface area contributed by atoms with Gasteiger partial charge in [0.25, 0.3) is 0 Å². The van der Waals surface area contributed by atoms with Gasteiger partial charge in [0, 0.05) is 32.6 Å². The fourth-order valence-corrected chi connectivity index (χ4v) is 4.48. The second-order valence-electron chi connectivity index (χ2n) is 9.42. The second kappa shape index (κ2) is 15.2. The number of halogens is 1. The summed E-state index contributed by atoms with van der Waals surface area (Å²) in [6, 6.07) is 12.6. The Morgan fingerprint density at radius 2 is 1.85 bits per heavy atom. The number of hydrogen-bond acceptors (Lipinski definition) is 7. The highest BCUT2D eigenvalue weighted by Crippen LogP contribution is 2.20. The molecule has 2 aromatic carbocycles. The van der Waals surface area contributed by atoms with Gasteiger partial charge >= 0.3 is 6.09 Å². The SMILES string of the molecule is COCCC[C@H](NC(=O)[C@@H]1CCCN1C(=O)[C@@H](Cc1ccc(F)cc1)NC(=O)OCc1ccccc1)B([O-])O. The van der Waals surface area contributed by atoms with Crippen LogP contribution in [0.4, 0.5) is 9.18 Å². The Balaban J connectivity index is 1.71. The van der Waals surface area contributed by atoms with Crippen LogP contribution in [0.15, 0.2) is 54.6 Å². The van der Waals surface area contributed by atoms with Crippen LogP contribution in [0.5, 0.6) is 0 Å². The van der Waals surface area contributed by atoms with Crippen LogP contribution in [-0.2, 0) is 32.1 Å². The largest absolute Gasteiger partial charge is 0.855 e. The number of ether oxygens (including phenoxy) is 2. The third-order valence-corrected chi connectivity index (χ3v) is 6.53. The molecular formula is C27H34BFN3O7-. The molecule has 0 saturated carbocycles. The lowest BCUT2D eigenvalue weighted by Gasteiger charge is -2.31. The molecule has 1 aliphatic heterocycles. The predicted molar refractivity (Wildman–Crippen MR) is 139 cm³/mol. The van der Waals surface area contributed by atoms with Crippen LogP contribution in [0.2, 0.25) is 0 Å². The zero-order valence-electron chi connectivity index (χ0n) is 21.9. The number of alkyl carbamates (subject to hydrolysis) is 1. The van der Waals surface area contributed by atoms with E-state index in [9.17, 15) is 28.8 Å². The van der Waals surface area contributed by atoms with Crippen LogP contribution >= 0.6 is 0 Å². The summed E-state index contributed by atoms with van der Waals surface area (Å²) in [7, 11) is -0.513. The number of carbonyl (C=O) groups excluding carboxylic acids is 3. The first-order valence-electron chi connectivity index (χ1n) is 12.9. The number of benzene rings is 2. The van der Waals surface area contributed by atoms with E-state index in [1.807, 2.05) is 18.2 Å². The Labute approximate surface area is 227 Å². The third-order valence-electron chi connectivity index (χ3n) is 6.53. The summed E-state index contributed by atoms with van der Waals surface area (Å²) in [6.45, 7) is 0.636. The van der Waals surface area contributed by atoms with Gasteiger partial charge in [-0.05, 0) is 48.9 Å². The van der Waals surface area contributed by atoms with Crippen LogP contribution in [0.25, 0.3) is 0 Å². The number of hydrogen-bond donors (Lipinski definition) is 3. The van der Waals surface area contributed by atoms with Crippen LogP contribution < -0.4 is 15.7 Å². The number of methoxy groups -OCH3 is 1. The summed E-state index contributed by atoms with van der Waals surface area (Å²) in [5, 5.41) is 26.5. The van der Waals surface area contributed by atoms with Crippen molar-refractivity contribution in [3.8, 4) is 0 Å². The Kier molecular flexibility index (Phi) is 11.7. The smallest absolute Gasteiger partial charge is 0.408 e. The number of amides is 3. The first kappa shape index (κ1) is 30.1. The monoisotopic (exact) mass is 542 g/mol. The minimum atomic E-state index is -2.02. The maximum atomic E-state index is 13.6. The maximum absolute atomic E-state index is 13.6. The first-order valence-corrected chi connectivity index (χ1v) is 12.9. The minimum absolute atomic E-state index is 0.000852. The van der Waals surface area contributed by atoms with Gasteiger partial charge in [-0.3, -0.25) is 9.59 Å². The van der Waals surface area contributed by atoms with Crippen molar-refractivity contribution in [2.24, 2.45) is 0 Å². The molecule has 3 N–H and O–H groups in total. The quantitative estimate of drug-likeness (QED) is 0.253. The van der Waals surface area contributed by atoms with Crippen molar-refractivity contribution in [3.63, 3.8) is 0 Å². The van der Waals surface area contributed by atoms with Gasteiger partial charge in [-0.25, -0.2) is 9.18 Å². The molecule has 0 spiro atoms. The van der Waals surface area contributed by atoms with Crippen LogP contribution in [0.1, 0.15) is 36.8 Å². The molecule has 0 unspecified atom stereocenters. The van der Waals surface area contributed by atoms with Gasteiger partial charge in [0.1, 0.15) is 24.5 Å². The number of carbonyl (C=O) groups is 3. The molecule has 3 rings (SSSR count). The van der Waals surface area contributed by atoms with E-state index in [0.717, 1.165) is 5.56 Å². The van der Waals surface area contributed by atoms with Crippen LogP contribution in [0.3, 0.4) is 0 Å². The minimum Gasteiger partial charge on any atom is -0.855 e. The number of likely N-dealkylation sites (tertiary alicyclic amines) is 1. The molecule has 12 heteroatoms. The Hall–Kier alpha value is -3.48. The van der Waals surface area contributed by atoms with Gasteiger partial charge in [0.05, 0.1) is 0 Å². The van der Waals surface area contributed by atoms with E-state index in [1.165, 1.54) is 36.3 Å². The molecule has 1 heterocycles. The standard InChI is InChI=1S/C27H34BFN3O7/c1-38-16-6-10-24(28(36)37)31-25(33)23-9-5-15-32(23)26(34)22(17-19-11-13-21(29)14-12-19)30-27(35)39-18-20-7-3-2-4-8-20/h2-4,7-8,11-14,22-24,36H,5-6,9-10,15-18H2,1H3,(H,30,35)(H,31,33)/q-1/t22-,23+,24+/m1/s1. The van der Waals surface area contributed by atoms with Crippen molar-refractivity contribution in [2.45, 2.75) is 56.7 Å². The van der Waals surface area contributed by atoms with E-state index in [2.05, 4.69) is 10.6 Å². The zero-order chi connectivity index (χ0) is 28.2. The van der Waals surface area contributed by atoms with Crippen molar-refractivity contribution in [2.75, 3.05) is 20.3 Å². The second-order valence-corrected chi connectivity index (χ2v) is 9.42. The summed E-state index contributed by atoms with van der Waals surface area (Å²) < 4.78 is 23.7.